The van der Waals surface area contributed by atoms with E-state index < -0.39 is 0 Å². The quantitative estimate of drug-likeness (QED) is 0.636. The fraction of sp³-hybridized carbons (Fsp3) is 0.133. The number of benzene rings is 2. The Hall–Kier alpha value is -1.61. The molecule has 0 fully saturated rings. The van der Waals surface area contributed by atoms with Crippen molar-refractivity contribution >= 4 is 21.9 Å². The van der Waals surface area contributed by atoms with Crippen molar-refractivity contribution in [2.45, 2.75) is 6.10 Å². The van der Waals surface area contributed by atoms with Gasteiger partial charge >= 0.3 is 5.97 Å². The summed E-state index contributed by atoms with van der Waals surface area (Å²) in [7, 11) is 0. The van der Waals surface area contributed by atoms with Crippen LogP contribution in [-0.4, -0.2) is 11.3 Å². The van der Waals surface area contributed by atoms with Crippen molar-refractivity contribution in [1.29, 1.82) is 0 Å². The number of alkyl halides is 1. The Kier molecular flexibility index (Phi) is 4.53. The van der Waals surface area contributed by atoms with Crippen LogP contribution in [0.1, 0.15) is 17.2 Å². The van der Waals surface area contributed by atoms with Crippen LogP contribution in [0.4, 0.5) is 0 Å². The van der Waals surface area contributed by atoms with Gasteiger partial charge in [-0.3, -0.25) is 4.79 Å². The highest BCUT2D eigenvalue weighted by molar-refractivity contribution is 9.09. The van der Waals surface area contributed by atoms with E-state index in [0.29, 0.717) is 0 Å². The van der Waals surface area contributed by atoms with Crippen LogP contribution in [0.2, 0.25) is 0 Å². The Morgan fingerprint density at radius 1 is 0.944 bits per heavy atom. The summed E-state index contributed by atoms with van der Waals surface area (Å²) in [6, 6.07) is 19.5. The van der Waals surface area contributed by atoms with Gasteiger partial charge in [0.05, 0.1) is 0 Å². The zero-order valence-electron chi connectivity index (χ0n) is 9.75. The highest BCUT2D eigenvalue weighted by Gasteiger charge is 2.17. The molecule has 0 bridgehead atoms. The van der Waals surface area contributed by atoms with E-state index in [2.05, 4.69) is 15.9 Å². The summed E-state index contributed by atoms with van der Waals surface area (Å²) < 4.78 is 5.49. The molecule has 0 N–H and O–H groups in total. The van der Waals surface area contributed by atoms with Gasteiger partial charge in [0.15, 0.2) is 6.10 Å². The second kappa shape index (κ2) is 6.36. The average molecular weight is 305 g/mol. The van der Waals surface area contributed by atoms with E-state index in [1.54, 1.807) is 0 Å². The molecular formula is C15H13BrO2. The maximum absolute atomic E-state index is 11.5. The van der Waals surface area contributed by atoms with E-state index in [4.69, 9.17) is 4.74 Å². The predicted octanol–water partition coefficient (Wildman–Crippen LogP) is 3.71. The molecule has 0 saturated carbocycles. The van der Waals surface area contributed by atoms with Gasteiger partial charge in [-0.25, -0.2) is 0 Å². The molecule has 0 radical (unpaired) electrons. The monoisotopic (exact) mass is 304 g/mol. The lowest BCUT2D eigenvalue weighted by molar-refractivity contribution is -0.144. The summed E-state index contributed by atoms with van der Waals surface area (Å²) in [5.41, 5.74) is 1.94. The summed E-state index contributed by atoms with van der Waals surface area (Å²) in [6.07, 6.45) is -0.350. The lowest BCUT2D eigenvalue weighted by Crippen LogP contribution is -2.13. The fourth-order valence-electron chi connectivity index (χ4n) is 1.75. The SMILES string of the molecule is O=C(CBr)OC(c1ccccc1)c1ccccc1. The minimum absolute atomic E-state index is 0.198. The van der Waals surface area contributed by atoms with E-state index in [1.807, 2.05) is 60.7 Å². The third kappa shape index (κ3) is 3.20. The van der Waals surface area contributed by atoms with E-state index in [0.717, 1.165) is 11.1 Å². The molecule has 18 heavy (non-hydrogen) atoms. The standard InChI is InChI=1S/C15H13BrO2/c16-11-14(17)18-15(12-7-3-1-4-8-12)13-9-5-2-6-10-13/h1-10,15H,11H2. The predicted molar refractivity (Wildman–Crippen MR) is 74.6 cm³/mol. The minimum Gasteiger partial charge on any atom is -0.452 e. The molecule has 92 valence electrons. The van der Waals surface area contributed by atoms with Gasteiger partial charge in [0.25, 0.3) is 0 Å². The number of rotatable bonds is 4. The number of ether oxygens (including phenoxy) is 1. The number of esters is 1. The number of carbonyl (C=O) groups excluding carboxylic acids is 1. The van der Waals surface area contributed by atoms with Crippen LogP contribution in [0.3, 0.4) is 0 Å². The van der Waals surface area contributed by atoms with Crippen molar-refractivity contribution in [1.82, 2.24) is 0 Å². The molecule has 0 aliphatic carbocycles. The Morgan fingerprint density at radius 3 is 1.78 bits per heavy atom. The van der Waals surface area contributed by atoms with E-state index in [1.165, 1.54) is 0 Å². The van der Waals surface area contributed by atoms with Gasteiger partial charge in [0.2, 0.25) is 0 Å². The van der Waals surface area contributed by atoms with Gasteiger partial charge in [0, 0.05) is 0 Å². The Morgan fingerprint density at radius 2 is 1.39 bits per heavy atom. The Labute approximate surface area is 115 Å². The lowest BCUT2D eigenvalue weighted by Gasteiger charge is -2.18. The summed E-state index contributed by atoms with van der Waals surface area (Å²) in [6.45, 7) is 0. The molecule has 0 saturated heterocycles. The first-order chi connectivity index (χ1) is 8.81. The number of carbonyl (C=O) groups is 1. The molecule has 0 spiro atoms. The topological polar surface area (TPSA) is 26.3 Å². The fourth-order valence-corrected chi connectivity index (χ4v) is 1.88. The number of hydrogen-bond donors (Lipinski definition) is 0. The third-order valence-electron chi connectivity index (χ3n) is 2.56. The summed E-state index contributed by atoms with van der Waals surface area (Å²) in [5, 5.41) is 0.198. The van der Waals surface area contributed by atoms with Gasteiger partial charge in [-0.15, -0.1) is 0 Å². The normalized spacial score (nSPS) is 10.3. The molecule has 0 aromatic heterocycles. The minimum atomic E-state index is -0.350. The van der Waals surface area contributed by atoms with E-state index >= 15 is 0 Å². The van der Waals surface area contributed by atoms with Crippen molar-refractivity contribution in [3.63, 3.8) is 0 Å². The molecule has 2 aromatic carbocycles. The van der Waals surface area contributed by atoms with E-state index in [-0.39, 0.29) is 17.4 Å². The second-order valence-corrected chi connectivity index (χ2v) is 4.39. The smallest absolute Gasteiger partial charge is 0.317 e. The zero-order chi connectivity index (χ0) is 12.8. The maximum Gasteiger partial charge on any atom is 0.317 e. The van der Waals surface area contributed by atoms with Gasteiger partial charge in [0.1, 0.15) is 5.33 Å². The Bertz CT molecular complexity index is 457. The summed E-state index contributed by atoms with van der Waals surface area (Å²) in [4.78, 5) is 11.5. The van der Waals surface area contributed by atoms with Crippen LogP contribution < -0.4 is 0 Å². The van der Waals surface area contributed by atoms with Crippen LogP contribution >= 0.6 is 15.9 Å². The highest BCUT2D eigenvalue weighted by atomic mass is 79.9. The van der Waals surface area contributed by atoms with Crippen LogP contribution in [0, 0.1) is 0 Å². The molecule has 0 unspecified atom stereocenters. The molecule has 2 rings (SSSR count). The Balaban J connectivity index is 2.32. The van der Waals surface area contributed by atoms with Crippen LogP contribution in [0.5, 0.6) is 0 Å². The first-order valence-electron chi connectivity index (χ1n) is 5.66. The summed E-state index contributed by atoms with van der Waals surface area (Å²) >= 11 is 3.11. The van der Waals surface area contributed by atoms with Crippen molar-refractivity contribution in [3.8, 4) is 0 Å². The molecule has 2 aromatic rings. The number of halogens is 1. The van der Waals surface area contributed by atoms with E-state index in [9.17, 15) is 4.79 Å². The molecule has 3 heteroatoms. The lowest BCUT2D eigenvalue weighted by atomic mass is 10.0. The third-order valence-corrected chi connectivity index (χ3v) is 3.02. The summed E-state index contributed by atoms with van der Waals surface area (Å²) in [5.74, 6) is -0.271. The first-order valence-corrected chi connectivity index (χ1v) is 6.78. The highest BCUT2D eigenvalue weighted by Crippen LogP contribution is 2.25. The van der Waals surface area contributed by atoms with Gasteiger partial charge in [-0.05, 0) is 11.1 Å². The number of hydrogen-bond acceptors (Lipinski definition) is 2. The van der Waals surface area contributed by atoms with Gasteiger partial charge in [-0.2, -0.15) is 0 Å². The van der Waals surface area contributed by atoms with Crippen LogP contribution in [0.25, 0.3) is 0 Å². The van der Waals surface area contributed by atoms with Gasteiger partial charge < -0.3 is 4.74 Å². The molecular weight excluding hydrogens is 292 g/mol. The molecule has 0 amide bonds. The molecule has 0 aliphatic heterocycles. The zero-order valence-corrected chi connectivity index (χ0v) is 11.3. The second-order valence-electron chi connectivity index (χ2n) is 3.82. The largest absolute Gasteiger partial charge is 0.452 e. The molecule has 0 atom stereocenters. The molecule has 0 aliphatic rings. The maximum atomic E-state index is 11.5. The molecule has 0 heterocycles. The van der Waals surface area contributed by atoms with Crippen molar-refractivity contribution < 1.29 is 9.53 Å². The van der Waals surface area contributed by atoms with Crippen molar-refractivity contribution in [3.05, 3.63) is 71.8 Å². The van der Waals surface area contributed by atoms with Crippen LogP contribution in [0.15, 0.2) is 60.7 Å². The first kappa shape index (κ1) is 12.8. The molecule has 2 nitrogen and oxygen atoms in total. The van der Waals surface area contributed by atoms with Crippen LogP contribution in [-0.2, 0) is 9.53 Å². The van der Waals surface area contributed by atoms with Crippen molar-refractivity contribution in [2.24, 2.45) is 0 Å². The van der Waals surface area contributed by atoms with Crippen molar-refractivity contribution in [2.75, 3.05) is 5.33 Å². The van der Waals surface area contributed by atoms with Gasteiger partial charge in [-0.1, -0.05) is 76.6 Å². The average Bonchev–Trinajstić information content (AvgIpc) is 2.46.